The third-order valence-electron chi connectivity index (χ3n) is 12.5. The maximum atomic E-state index is 13.1. The number of allylic oxidation sites excluding steroid dienone is 1. The molecule has 0 saturated carbocycles. The van der Waals surface area contributed by atoms with Gasteiger partial charge in [0.1, 0.15) is 48.8 Å². The summed E-state index contributed by atoms with van der Waals surface area (Å²) in [5, 5.41) is 86.6. The lowest BCUT2D eigenvalue weighted by atomic mass is 9.97. The molecule has 0 aromatic heterocycles. The average molecular weight is 890 g/mol. The van der Waals surface area contributed by atoms with E-state index in [1.807, 2.05) is 6.08 Å². The first kappa shape index (κ1) is 56.9. The van der Waals surface area contributed by atoms with Crippen molar-refractivity contribution in [3.8, 4) is 0 Å². The van der Waals surface area contributed by atoms with E-state index in [1.54, 1.807) is 6.08 Å². The van der Waals surface area contributed by atoms with Crippen molar-refractivity contribution in [2.24, 2.45) is 0 Å². The number of hydrogen-bond donors (Lipinski definition) is 9. The van der Waals surface area contributed by atoms with Crippen LogP contribution in [0.3, 0.4) is 0 Å². The zero-order valence-corrected chi connectivity index (χ0v) is 38.6. The predicted molar refractivity (Wildman–Crippen MR) is 240 cm³/mol. The van der Waals surface area contributed by atoms with E-state index in [9.17, 15) is 45.6 Å². The number of nitrogens with one attached hydrogen (secondary N) is 1. The first-order valence-electron chi connectivity index (χ1n) is 24.9. The second-order valence-corrected chi connectivity index (χ2v) is 18.0. The zero-order chi connectivity index (χ0) is 45.4. The van der Waals surface area contributed by atoms with Crippen LogP contribution in [-0.4, -0.2) is 140 Å². The second kappa shape index (κ2) is 35.9. The lowest BCUT2D eigenvalue weighted by Gasteiger charge is -2.46. The summed E-state index contributed by atoms with van der Waals surface area (Å²) in [7, 11) is 0. The van der Waals surface area contributed by atoms with Crippen molar-refractivity contribution < 1.29 is 64.6 Å². The smallest absolute Gasteiger partial charge is 0.220 e. The molecule has 2 aliphatic rings. The molecule has 0 bridgehead atoms. The summed E-state index contributed by atoms with van der Waals surface area (Å²) in [5.74, 6) is -0.238. The Kier molecular flexibility index (Phi) is 32.9. The SMILES string of the molecule is CCCCCCCCCCCCCC=CC(O)C(CO[C@@H]1O[C@H](CO)[C@H](OC2O[C@H](CO)[C@H](O)[C@H](O)[C@H]2O)[C@H](O)[C@H]1O)NC(=O)CCCCCCCCCCCCCCCCC. The molecule has 62 heavy (non-hydrogen) atoms. The molecule has 3 unspecified atom stereocenters. The molecule has 2 fully saturated rings. The molecule has 12 atom stereocenters. The fraction of sp³-hybridized carbons (Fsp3) is 0.938. The number of carbonyl (C=O) groups is 1. The Morgan fingerprint density at radius 2 is 1.00 bits per heavy atom. The zero-order valence-electron chi connectivity index (χ0n) is 38.6. The molecule has 1 amide bonds. The minimum absolute atomic E-state index is 0.238. The number of carbonyl (C=O) groups excluding carboxylic acids is 1. The fourth-order valence-corrected chi connectivity index (χ4v) is 8.35. The number of unbranched alkanes of at least 4 members (excludes halogenated alkanes) is 25. The molecule has 366 valence electrons. The summed E-state index contributed by atoms with van der Waals surface area (Å²) in [6.07, 6.45) is 19.6. The van der Waals surface area contributed by atoms with Crippen LogP contribution in [0.2, 0.25) is 0 Å². The van der Waals surface area contributed by atoms with E-state index in [0.29, 0.717) is 6.42 Å². The maximum Gasteiger partial charge on any atom is 0.220 e. The molecule has 2 rings (SSSR count). The summed E-state index contributed by atoms with van der Waals surface area (Å²) in [5.41, 5.74) is 0. The Balaban J connectivity index is 1.86. The molecule has 0 aliphatic carbocycles. The maximum absolute atomic E-state index is 13.1. The van der Waals surface area contributed by atoms with E-state index < -0.39 is 86.8 Å². The van der Waals surface area contributed by atoms with Crippen LogP contribution in [0.1, 0.15) is 194 Å². The molecule has 0 aromatic carbocycles. The lowest BCUT2D eigenvalue weighted by molar-refractivity contribution is -0.359. The van der Waals surface area contributed by atoms with Gasteiger partial charge in [-0.2, -0.15) is 0 Å². The van der Waals surface area contributed by atoms with Gasteiger partial charge in [0.2, 0.25) is 5.91 Å². The van der Waals surface area contributed by atoms with E-state index in [4.69, 9.17) is 18.9 Å². The van der Waals surface area contributed by atoms with Crippen molar-refractivity contribution in [2.75, 3.05) is 19.8 Å². The highest BCUT2D eigenvalue weighted by Crippen LogP contribution is 2.30. The average Bonchev–Trinajstić information content (AvgIpc) is 3.27. The Morgan fingerprint density at radius 3 is 1.48 bits per heavy atom. The summed E-state index contributed by atoms with van der Waals surface area (Å²) in [4.78, 5) is 13.1. The molecule has 2 saturated heterocycles. The molecule has 14 heteroatoms. The third kappa shape index (κ3) is 23.3. The van der Waals surface area contributed by atoms with Crippen molar-refractivity contribution >= 4 is 5.91 Å². The molecule has 14 nitrogen and oxygen atoms in total. The van der Waals surface area contributed by atoms with Crippen LogP contribution in [0.4, 0.5) is 0 Å². The number of amides is 1. The Hall–Kier alpha value is -1.27. The van der Waals surface area contributed by atoms with Crippen molar-refractivity contribution in [3.05, 3.63) is 12.2 Å². The van der Waals surface area contributed by atoms with Gasteiger partial charge in [0.15, 0.2) is 12.6 Å². The molecule has 2 aliphatic heterocycles. The highest BCUT2D eigenvalue weighted by atomic mass is 16.7. The van der Waals surface area contributed by atoms with Crippen molar-refractivity contribution in [1.82, 2.24) is 5.32 Å². The lowest BCUT2D eigenvalue weighted by Crippen LogP contribution is -2.65. The van der Waals surface area contributed by atoms with Crippen LogP contribution in [0.15, 0.2) is 12.2 Å². The summed E-state index contributed by atoms with van der Waals surface area (Å²) in [6.45, 7) is 2.78. The highest BCUT2D eigenvalue weighted by Gasteiger charge is 2.51. The Morgan fingerprint density at radius 1 is 0.565 bits per heavy atom. The first-order valence-corrected chi connectivity index (χ1v) is 24.9. The van der Waals surface area contributed by atoms with Gasteiger partial charge in [-0.3, -0.25) is 4.79 Å². The number of aliphatic hydroxyl groups is 8. The monoisotopic (exact) mass is 890 g/mol. The van der Waals surface area contributed by atoms with Crippen LogP contribution in [0.25, 0.3) is 0 Å². The third-order valence-corrected chi connectivity index (χ3v) is 12.5. The molecular formula is C48H91NO13. The molecule has 9 N–H and O–H groups in total. The summed E-state index contributed by atoms with van der Waals surface area (Å²) < 4.78 is 22.7. The molecular weight excluding hydrogens is 799 g/mol. The number of hydrogen-bond acceptors (Lipinski definition) is 13. The Bertz CT molecular complexity index is 1100. The van der Waals surface area contributed by atoms with E-state index in [1.165, 1.54) is 128 Å². The summed E-state index contributed by atoms with van der Waals surface area (Å²) in [6, 6.07) is -0.906. The van der Waals surface area contributed by atoms with Gasteiger partial charge >= 0.3 is 0 Å². The fourth-order valence-electron chi connectivity index (χ4n) is 8.35. The topological polar surface area (TPSA) is 228 Å². The van der Waals surface area contributed by atoms with Crippen molar-refractivity contribution in [2.45, 2.75) is 267 Å². The van der Waals surface area contributed by atoms with Gasteiger partial charge in [-0.05, 0) is 19.3 Å². The van der Waals surface area contributed by atoms with Gasteiger partial charge in [-0.15, -0.1) is 0 Å². The van der Waals surface area contributed by atoms with Gasteiger partial charge < -0.3 is 65.1 Å². The van der Waals surface area contributed by atoms with Crippen LogP contribution < -0.4 is 5.32 Å². The van der Waals surface area contributed by atoms with E-state index in [-0.39, 0.29) is 18.9 Å². The second-order valence-electron chi connectivity index (χ2n) is 18.0. The minimum Gasteiger partial charge on any atom is -0.394 e. The molecule has 0 radical (unpaired) electrons. The standard InChI is InChI=1S/C48H91NO13/c1-3-5-7-9-11-13-15-17-18-20-22-24-26-28-30-32-40(53)49-36(37(52)31-29-27-25-23-21-19-16-14-12-10-8-6-4-2)35-59-47-45(58)43(56)46(39(34-51)61-47)62-48-44(57)42(55)41(54)38(33-50)60-48/h29,31,36-39,41-48,50-52,54-58H,3-28,30,32-35H2,1-2H3,(H,49,53)/t36?,37?,38-,39-,41+,42+,43-,44-,45-,46+,47-,48?/m1/s1. The molecule has 0 aromatic rings. The largest absolute Gasteiger partial charge is 0.394 e. The van der Waals surface area contributed by atoms with Crippen molar-refractivity contribution in [1.29, 1.82) is 0 Å². The first-order chi connectivity index (χ1) is 30.1. The van der Waals surface area contributed by atoms with Gasteiger partial charge in [0.05, 0.1) is 32.0 Å². The van der Waals surface area contributed by atoms with Crippen LogP contribution in [0, 0.1) is 0 Å². The van der Waals surface area contributed by atoms with Crippen LogP contribution in [0.5, 0.6) is 0 Å². The number of rotatable bonds is 38. The molecule has 2 heterocycles. The molecule has 0 spiro atoms. The highest BCUT2D eigenvalue weighted by molar-refractivity contribution is 5.76. The van der Waals surface area contributed by atoms with E-state index >= 15 is 0 Å². The van der Waals surface area contributed by atoms with Crippen molar-refractivity contribution in [3.63, 3.8) is 0 Å². The van der Waals surface area contributed by atoms with E-state index in [0.717, 1.165) is 38.5 Å². The summed E-state index contributed by atoms with van der Waals surface area (Å²) >= 11 is 0. The quantitative estimate of drug-likeness (QED) is 0.0257. The number of aliphatic hydroxyl groups excluding tert-OH is 8. The van der Waals surface area contributed by atoms with Crippen LogP contribution >= 0.6 is 0 Å². The van der Waals surface area contributed by atoms with Gasteiger partial charge in [0, 0.05) is 6.42 Å². The number of ether oxygens (including phenoxy) is 4. The normalized spacial score (nSPS) is 27.8. The minimum atomic E-state index is -1.78. The Labute approximate surface area is 374 Å². The van der Waals surface area contributed by atoms with E-state index in [2.05, 4.69) is 19.2 Å². The van der Waals surface area contributed by atoms with Crippen LogP contribution in [-0.2, 0) is 23.7 Å². The van der Waals surface area contributed by atoms with Gasteiger partial charge in [0.25, 0.3) is 0 Å². The predicted octanol–water partition coefficient (Wildman–Crippen LogP) is 5.99. The van der Waals surface area contributed by atoms with Gasteiger partial charge in [-0.25, -0.2) is 0 Å². The van der Waals surface area contributed by atoms with Gasteiger partial charge in [-0.1, -0.05) is 180 Å².